The predicted octanol–water partition coefficient (Wildman–Crippen LogP) is 3.97. The summed E-state index contributed by atoms with van der Waals surface area (Å²) in [5, 5.41) is 0. The van der Waals surface area contributed by atoms with Crippen LogP contribution < -0.4 is 0 Å². The van der Waals surface area contributed by atoms with Gasteiger partial charge in [-0.05, 0) is 31.6 Å². The van der Waals surface area contributed by atoms with E-state index in [-0.39, 0.29) is 24.5 Å². The summed E-state index contributed by atoms with van der Waals surface area (Å²) in [6.07, 6.45) is -2.51. The van der Waals surface area contributed by atoms with E-state index in [1.54, 1.807) is 0 Å². The minimum atomic E-state index is -4.08. The fourth-order valence-corrected chi connectivity index (χ4v) is 2.31. The second-order valence-corrected chi connectivity index (χ2v) is 5.15. The highest BCUT2D eigenvalue weighted by Gasteiger charge is 2.42. The minimum Gasteiger partial charge on any atom is -0.299 e. The molecule has 1 rings (SSSR count). The van der Waals surface area contributed by atoms with E-state index < -0.39 is 12.1 Å². The highest BCUT2D eigenvalue weighted by atomic mass is 19.4. The summed E-state index contributed by atoms with van der Waals surface area (Å²) in [7, 11) is 0. The van der Waals surface area contributed by atoms with Crippen molar-refractivity contribution in [1.82, 2.24) is 0 Å². The van der Waals surface area contributed by atoms with Gasteiger partial charge in [0.25, 0.3) is 0 Å². The Labute approximate surface area is 94.4 Å². The van der Waals surface area contributed by atoms with E-state index >= 15 is 0 Å². The molecule has 0 saturated heterocycles. The fraction of sp³-hybridized carbons (Fsp3) is 0.917. The van der Waals surface area contributed by atoms with E-state index in [0.29, 0.717) is 25.2 Å². The van der Waals surface area contributed by atoms with Crippen molar-refractivity contribution in [3.8, 4) is 0 Å². The standard InChI is InChI=1S/C12H19F3O/c1-8(2)7-11(16)9-3-5-10(6-4-9)12(13,14)15/h8-10H,3-7H2,1-2H3. The third-order valence-electron chi connectivity index (χ3n) is 3.25. The van der Waals surface area contributed by atoms with Gasteiger partial charge >= 0.3 is 6.18 Å². The molecule has 4 heteroatoms. The smallest absolute Gasteiger partial charge is 0.299 e. The van der Waals surface area contributed by atoms with Gasteiger partial charge in [0, 0.05) is 12.3 Å². The Morgan fingerprint density at radius 2 is 1.69 bits per heavy atom. The molecule has 0 spiro atoms. The van der Waals surface area contributed by atoms with Gasteiger partial charge in [-0.25, -0.2) is 0 Å². The van der Waals surface area contributed by atoms with E-state index in [0.717, 1.165) is 0 Å². The molecule has 0 aromatic rings. The molecule has 0 unspecified atom stereocenters. The molecule has 1 aliphatic carbocycles. The fourth-order valence-electron chi connectivity index (χ4n) is 2.31. The topological polar surface area (TPSA) is 17.1 Å². The van der Waals surface area contributed by atoms with Crippen LogP contribution in [0.1, 0.15) is 46.0 Å². The third kappa shape index (κ3) is 3.80. The molecule has 1 aliphatic rings. The third-order valence-corrected chi connectivity index (χ3v) is 3.25. The monoisotopic (exact) mass is 236 g/mol. The van der Waals surface area contributed by atoms with Gasteiger partial charge < -0.3 is 0 Å². The Bertz CT molecular complexity index is 237. The second kappa shape index (κ2) is 5.19. The number of halogens is 3. The van der Waals surface area contributed by atoms with Crippen LogP contribution in [0.2, 0.25) is 0 Å². The summed E-state index contributed by atoms with van der Waals surface area (Å²) in [5.41, 5.74) is 0. The number of hydrogen-bond acceptors (Lipinski definition) is 1. The van der Waals surface area contributed by atoms with Crippen LogP contribution in [0.15, 0.2) is 0 Å². The Morgan fingerprint density at radius 3 is 2.06 bits per heavy atom. The van der Waals surface area contributed by atoms with Gasteiger partial charge in [0.15, 0.2) is 0 Å². The van der Waals surface area contributed by atoms with E-state index in [2.05, 4.69) is 0 Å². The molecule has 0 bridgehead atoms. The maximum absolute atomic E-state index is 12.4. The van der Waals surface area contributed by atoms with E-state index in [1.807, 2.05) is 13.8 Å². The molecular formula is C12H19F3O. The molecule has 0 aliphatic heterocycles. The molecule has 0 N–H and O–H groups in total. The molecule has 0 aromatic carbocycles. The first-order valence-corrected chi connectivity index (χ1v) is 5.90. The molecule has 0 heterocycles. The number of hydrogen-bond donors (Lipinski definition) is 0. The van der Waals surface area contributed by atoms with Crippen molar-refractivity contribution in [2.45, 2.75) is 52.1 Å². The van der Waals surface area contributed by atoms with Gasteiger partial charge in [0.1, 0.15) is 5.78 Å². The summed E-state index contributed by atoms with van der Waals surface area (Å²) in [6.45, 7) is 3.92. The van der Waals surface area contributed by atoms with Crippen molar-refractivity contribution < 1.29 is 18.0 Å². The van der Waals surface area contributed by atoms with Crippen molar-refractivity contribution >= 4 is 5.78 Å². The van der Waals surface area contributed by atoms with Crippen LogP contribution in [0.4, 0.5) is 13.2 Å². The minimum absolute atomic E-state index is 0.123. The Hall–Kier alpha value is -0.540. The molecule has 0 aromatic heterocycles. The van der Waals surface area contributed by atoms with Gasteiger partial charge in [0.2, 0.25) is 0 Å². The van der Waals surface area contributed by atoms with Crippen LogP contribution in [0.25, 0.3) is 0 Å². The first-order chi connectivity index (χ1) is 7.30. The van der Waals surface area contributed by atoms with Crippen molar-refractivity contribution in [3.63, 3.8) is 0 Å². The largest absolute Gasteiger partial charge is 0.391 e. The van der Waals surface area contributed by atoms with Crippen LogP contribution in [0, 0.1) is 17.8 Å². The van der Waals surface area contributed by atoms with Crippen molar-refractivity contribution in [1.29, 1.82) is 0 Å². The zero-order chi connectivity index (χ0) is 12.3. The molecule has 16 heavy (non-hydrogen) atoms. The lowest BCUT2D eigenvalue weighted by atomic mass is 9.78. The maximum atomic E-state index is 12.4. The van der Waals surface area contributed by atoms with Gasteiger partial charge in [-0.3, -0.25) is 4.79 Å². The number of Topliss-reactive ketones (excluding diaryl/α,β-unsaturated/α-hetero) is 1. The van der Waals surface area contributed by atoms with E-state index in [1.165, 1.54) is 0 Å². The lowest BCUT2D eigenvalue weighted by Gasteiger charge is -2.29. The molecular weight excluding hydrogens is 217 g/mol. The summed E-state index contributed by atoms with van der Waals surface area (Å²) >= 11 is 0. The van der Waals surface area contributed by atoms with Crippen LogP contribution in [0.5, 0.6) is 0 Å². The predicted molar refractivity (Wildman–Crippen MR) is 56.0 cm³/mol. The molecule has 0 amide bonds. The Kier molecular flexibility index (Phi) is 4.39. The second-order valence-electron chi connectivity index (χ2n) is 5.15. The zero-order valence-corrected chi connectivity index (χ0v) is 9.81. The Balaban J connectivity index is 2.40. The lowest BCUT2D eigenvalue weighted by molar-refractivity contribution is -0.184. The highest BCUT2D eigenvalue weighted by Crippen LogP contribution is 2.40. The molecule has 1 nitrogen and oxygen atoms in total. The summed E-state index contributed by atoms with van der Waals surface area (Å²) < 4.78 is 37.2. The van der Waals surface area contributed by atoms with Gasteiger partial charge in [-0.15, -0.1) is 0 Å². The summed E-state index contributed by atoms with van der Waals surface area (Å²) in [6, 6.07) is 0. The molecule has 1 saturated carbocycles. The van der Waals surface area contributed by atoms with Crippen LogP contribution in [-0.4, -0.2) is 12.0 Å². The van der Waals surface area contributed by atoms with Crippen LogP contribution in [0.3, 0.4) is 0 Å². The number of carbonyl (C=O) groups excluding carboxylic acids is 1. The number of carbonyl (C=O) groups is 1. The molecule has 0 atom stereocenters. The van der Waals surface area contributed by atoms with Crippen molar-refractivity contribution in [2.24, 2.45) is 17.8 Å². The Morgan fingerprint density at radius 1 is 1.19 bits per heavy atom. The summed E-state index contributed by atoms with van der Waals surface area (Å²) in [5.74, 6) is -0.861. The number of alkyl halides is 3. The summed E-state index contributed by atoms with van der Waals surface area (Å²) in [4.78, 5) is 11.7. The van der Waals surface area contributed by atoms with Crippen LogP contribution in [-0.2, 0) is 4.79 Å². The van der Waals surface area contributed by atoms with Gasteiger partial charge in [0.05, 0.1) is 5.92 Å². The molecule has 1 fully saturated rings. The van der Waals surface area contributed by atoms with Gasteiger partial charge in [-0.2, -0.15) is 13.2 Å². The van der Waals surface area contributed by atoms with Crippen molar-refractivity contribution in [2.75, 3.05) is 0 Å². The SMILES string of the molecule is CC(C)CC(=O)C1CCC(C(F)(F)F)CC1. The zero-order valence-electron chi connectivity index (χ0n) is 9.81. The lowest BCUT2D eigenvalue weighted by Crippen LogP contribution is -2.30. The first kappa shape index (κ1) is 13.5. The number of rotatable bonds is 3. The molecule has 0 radical (unpaired) electrons. The quantitative estimate of drug-likeness (QED) is 0.724. The van der Waals surface area contributed by atoms with Crippen molar-refractivity contribution in [3.05, 3.63) is 0 Å². The van der Waals surface area contributed by atoms with Gasteiger partial charge in [-0.1, -0.05) is 13.8 Å². The molecule has 94 valence electrons. The average Bonchev–Trinajstić information content (AvgIpc) is 2.15. The van der Waals surface area contributed by atoms with E-state index in [9.17, 15) is 18.0 Å². The normalized spacial score (nSPS) is 27.1. The maximum Gasteiger partial charge on any atom is 0.391 e. The first-order valence-electron chi connectivity index (χ1n) is 5.90. The highest BCUT2D eigenvalue weighted by molar-refractivity contribution is 5.81. The number of ketones is 1. The van der Waals surface area contributed by atoms with Crippen LogP contribution >= 0.6 is 0 Å². The van der Waals surface area contributed by atoms with E-state index in [4.69, 9.17) is 0 Å². The average molecular weight is 236 g/mol.